The third kappa shape index (κ3) is 4.59. The van der Waals surface area contributed by atoms with Gasteiger partial charge in [-0.1, -0.05) is 13.3 Å². The SMILES string of the molecule is CCCCOc1ccc2c(N)nn(-c3ccnc(N4C[C@@H]5C[C@H]4CN5C(=O)OC(C)(C)C)c3)c2c1. The van der Waals surface area contributed by atoms with Crippen LogP contribution in [0.15, 0.2) is 36.5 Å². The van der Waals surface area contributed by atoms with Gasteiger partial charge in [0.1, 0.15) is 17.2 Å². The van der Waals surface area contributed by atoms with Crippen LogP contribution in [0.3, 0.4) is 0 Å². The van der Waals surface area contributed by atoms with E-state index in [1.54, 1.807) is 6.20 Å². The minimum Gasteiger partial charge on any atom is -0.494 e. The number of nitrogen functional groups attached to an aromatic ring is 1. The lowest BCUT2D eigenvalue weighted by atomic mass is 10.2. The first-order chi connectivity index (χ1) is 16.7. The van der Waals surface area contributed by atoms with Crippen molar-refractivity contribution in [2.24, 2.45) is 0 Å². The second kappa shape index (κ2) is 8.94. The Morgan fingerprint density at radius 1 is 1.17 bits per heavy atom. The van der Waals surface area contributed by atoms with Crippen LogP contribution < -0.4 is 15.4 Å². The molecule has 2 atom stereocenters. The fourth-order valence-corrected chi connectivity index (χ4v) is 4.93. The molecule has 2 aliphatic heterocycles. The number of fused-ring (bicyclic) bond motifs is 3. The third-order valence-corrected chi connectivity index (χ3v) is 6.58. The Kier molecular flexibility index (Phi) is 5.94. The lowest BCUT2D eigenvalue weighted by molar-refractivity contribution is 0.0214. The molecule has 1 aromatic carbocycles. The summed E-state index contributed by atoms with van der Waals surface area (Å²) >= 11 is 0. The van der Waals surface area contributed by atoms with Gasteiger partial charge in [0.2, 0.25) is 0 Å². The number of piperazine rings is 1. The quantitative estimate of drug-likeness (QED) is 0.525. The van der Waals surface area contributed by atoms with E-state index < -0.39 is 5.60 Å². The van der Waals surface area contributed by atoms with E-state index in [2.05, 4.69) is 21.9 Å². The highest BCUT2D eigenvalue weighted by Crippen LogP contribution is 2.36. The molecule has 2 aromatic heterocycles. The van der Waals surface area contributed by atoms with Gasteiger partial charge in [0, 0.05) is 36.8 Å². The summed E-state index contributed by atoms with van der Waals surface area (Å²) in [6, 6.07) is 10.2. The number of anilines is 2. The van der Waals surface area contributed by atoms with Gasteiger partial charge in [-0.3, -0.25) is 0 Å². The maximum atomic E-state index is 12.6. The van der Waals surface area contributed by atoms with Crippen molar-refractivity contribution >= 4 is 28.6 Å². The normalized spacial score (nSPS) is 19.5. The maximum Gasteiger partial charge on any atom is 0.410 e. The molecule has 0 aliphatic carbocycles. The molecule has 2 bridgehead atoms. The zero-order chi connectivity index (χ0) is 24.7. The molecule has 2 fully saturated rings. The van der Waals surface area contributed by atoms with Crippen molar-refractivity contribution in [3.63, 3.8) is 0 Å². The van der Waals surface area contributed by atoms with Crippen molar-refractivity contribution in [1.82, 2.24) is 19.7 Å². The standard InChI is InChI=1S/C26H34N6O3/c1-5-6-11-34-20-7-8-21-22(14-20)32(29-24(21)27)17-9-10-28-23(13-17)30-15-19-12-18(30)16-31(19)25(33)35-26(2,3)4/h7-10,13-14,18-19H,5-6,11-12,15-16H2,1-4H3,(H2,27,29)/t18-,19-/m0/s1. The summed E-state index contributed by atoms with van der Waals surface area (Å²) in [4.78, 5) is 21.4. The minimum absolute atomic E-state index is 0.129. The molecule has 0 saturated carbocycles. The van der Waals surface area contributed by atoms with E-state index in [1.807, 2.05) is 60.7 Å². The second-order valence-corrected chi connectivity index (χ2v) is 10.4. The molecular formula is C26H34N6O3. The molecule has 2 saturated heterocycles. The minimum atomic E-state index is -0.496. The average molecular weight is 479 g/mol. The van der Waals surface area contributed by atoms with E-state index in [0.29, 0.717) is 19.0 Å². The van der Waals surface area contributed by atoms with Crippen molar-refractivity contribution in [1.29, 1.82) is 0 Å². The van der Waals surface area contributed by atoms with Gasteiger partial charge in [-0.05, 0) is 51.8 Å². The van der Waals surface area contributed by atoms with Crippen LogP contribution in [0.2, 0.25) is 0 Å². The first-order valence-electron chi connectivity index (χ1n) is 12.4. The lowest BCUT2D eigenvalue weighted by Crippen LogP contribution is -2.50. The average Bonchev–Trinajstić information content (AvgIpc) is 3.51. The number of hydrogen-bond donors (Lipinski definition) is 1. The van der Waals surface area contributed by atoms with Crippen molar-refractivity contribution in [2.45, 2.75) is 64.6 Å². The highest BCUT2D eigenvalue weighted by atomic mass is 16.6. The van der Waals surface area contributed by atoms with Crippen LogP contribution in [0.25, 0.3) is 16.6 Å². The van der Waals surface area contributed by atoms with Crippen LogP contribution >= 0.6 is 0 Å². The van der Waals surface area contributed by atoms with Gasteiger partial charge in [0.05, 0.1) is 29.9 Å². The van der Waals surface area contributed by atoms with E-state index in [0.717, 1.165) is 54.0 Å². The van der Waals surface area contributed by atoms with Gasteiger partial charge in [0.15, 0.2) is 5.82 Å². The van der Waals surface area contributed by atoms with Crippen molar-refractivity contribution < 1.29 is 14.3 Å². The topological polar surface area (TPSA) is 98.7 Å². The van der Waals surface area contributed by atoms with Crippen LogP contribution in [0, 0.1) is 0 Å². The number of benzene rings is 1. The highest BCUT2D eigenvalue weighted by molar-refractivity contribution is 5.91. The highest BCUT2D eigenvalue weighted by Gasteiger charge is 2.47. The Hall–Kier alpha value is -3.49. The molecule has 4 heterocycles. The number of nitrogens with two attached hydrogens (primary N) is 1. The number of carbonyl (C=O) groups is 1. The molecule has 2 aliphatic rings. The number of pyridine rings is 1. The molecule has 0 unspecified atom stereocenters. The van der Waals surface area contributed by atoms with Gasteiger partial charge in [0.25, 0.3) is 0 Å². The summed E-state index contributed by atoms with van der Waals surface area (Å²) in [5.74, 6) is 2.16. The largest absolute Gasteiger partial charge is 0.494 e. The molecule has 1 amide bonds. The Labute approximate surface area is 205 Å². The van der Waals surface area contributed by atoms with Crippen molar-refractivity contribution in [3.8, 4) is 11.4 Å². The Morgan fingerprint density at radius 3 is 2.71 bits per heavy atom. The number of carbonyl (C=O) groups excluding carboxylic acids is 1. The molecular weight excluding hydrogens is 444 g/mol. The van der Waals surface area contributed by atoms with Crippen LogP contribution in [-0.4, -0.2) is 63.1 Å². The molecule has 0 radical (unpaired) electrons. The summed E-state index contributed by atoms with van der Waals surface area (Å²) in [7, 11) is 0. The number of aromatic nitrogens is 3. The van der Waals surface area contributed by atoms with Gasteiger partial charge in [-0.2, -0.15) is 0 Å². The van der Waals surface area contributed by atoms with Gasteiger partial charge < -0.3 is 25.0 Å². The van der Waals surface area contributed by atoms with Crippen LogP contribution in [0.5, 0.6) is 5.75 Å². The van der Waals surface area contributed by atoms with Crippen molar-refractivity contribution in [2.75, 3.05) is 30.3 Å². The predicted molar refractivity (Wildman–Crippen MR) is 136 cm³/mol. The second-order valence-electron chi connectivity index (χ2n) is 10.4. The van der Waals surface area contributed by atoms with Crippen LogP contribution in [0.4, 0.5) is 16.4 Å². The number of likely N-dealkylation sites (tertiary alicyclic amines) is 1. The molecule has 3 aromatic rings. The first-order valence-corrected chi connectivity index (χ1v) is 12.4. The fourth-order valence-electron chi connectivity index (χ4n) is 4.93. The van der Waals surface area contributed by atoms with E-state index in [1.165, 1.54) is 0 Å². The molecule has 0 spiro atoms. The van der Waals surface area contributed by atoms with Gasteiger partial charge >= 0.3 is 6.09 Å². The fraction of sp³-hybridized carbons (Fsp3) is 0.500. The molecule has 9 heteroatoms. The number of hydrogen-bond acceptors (Lipinski definition) is 7. The number of unbranched alkanes of at least 4 members (excludes halogenated alkanes) is 1. The number of ether oxygens (including phenoxy) is 2. The summed E-state index contributed by atoms with van der Waals surface area (Å²) in [6.45, 7) is 9.89. The smallest absolute Gasteiger partial charge is 0.410 e. The summed E-state index contributed by atoms with van der Waals surface area (Å²) < 4.78 is 13.4. The Balaban J connectivity index is 1.37. The Bertz CT molecular complexity index is 1230. The lowest BCUT2D eigenvalue weighted by Gasteiger charge is -2.35. The summed E-state index contributed by atoms with van der Waals surface area (Å²) in [5, 5.41) is 5.49. The summed E-state index contributed by atoms with van der Waals surface area (Å²) in [5.41, 5.74) is 7.52. The number of nitrogens with zero attached hydrogens (tertiary/aromatic N) is 5. The monoisotopic (exact) mass is 478 g/mol. The predicted octanol–water partition coefficient (Wildman–Crippen LogP) is 4.38. The van der Waals surface area contributed by atoms with E-state index in [4.69, 9.17) is 15.2 Å². The van der Waals surface area contributed by atoms with E-state index >= 15 is 0 Å². The first kappa shape index (κ1) is 23.3. The molecule has 186 valence electrons. The molecule has 2 N–H and O–H groups in total. The van der Waals surface area contributed by atoms with Crippen molar-refractivity contribution in [3.05, 3.63) is 36.5 Å². The molecule has 5 rings (SSSR count). The van der Waals surface area contributed by atoms with E-state index in [-0.39, 0.29) is 18.2 Å². The van der Waals surface area contributed by atoms with Gasteiger partial charge in [-0.25, -0.2) is 14.5 Å². The maximum absolute atomic E-state index is 12.6. The molecule has 35 heavy (non-hydrogen) atoms. The number of rotatable bonds is 6. The van der Waals surface area contributed by atoms with E-state index in [9.17, 15) is 4.79 Å². The zero-order valence-corrected chi connectivity index (χ0v) is 20.9. The van der Waals surface area contributed by atoms with Crippen LogP contribution in [0.1, 0.15) is 47.0 Å². The van der Waals surface area contributed by atoms with Crippen LogP contribution in [-0.2, 0) is 4.74 Å². The number of amides is 1. The third-order valence-electron chi connectivity index (χ3n) is 6.58. The summed E-state index contributed by atoms with van der Waals surface area (Å²) in [6.07, 6.45) is 4.58. The molecule has 9 nitrogen and oxygen atoms in total. The zero-order valence-electron chi connectivity index (χ0n) is 20.9. The Morgan fingerprint density at radius 2 is 2.00 bits per heavy atom. The van der Waals surface area contributed by atoms with Gasteiger partial charge in [-0.15, -0.1) is 5.10 Å².